The molecule has 1 aromatic heterocycles. The molecule has 0 spiro atoms. The molecule has 27 heavy (non-hydrogen) atoms. The number of hydrogen-bond acceptors (Lipinski definition) is 6. The van der Waals surface area contributed by atoms with Crippen LogP contribution in [0.25, 0.3) is 0 Å². The summed E-state index contributed by atoms with van der Waals surface area (Å²) >= 11 is 7.50. The van der Waals surface area contributed by atoms with Crippen molar-refractivity contribution in [3.05, 3.63) is 47.2 Å². The second-order valence-electron chi connectivity index (χ2n) is 6.53. The van der Waals surface area contributed by atoms with E-state index in [-0.39, 0.29) is 23.9 Å². The van der Waals surface area contributed by atoms with E-state index in [1.54, 1.807) is 6.33 Å². The quantitative estimate of drug-likeness (QED) is 0.587. The van der Waals surface area contributed by atoms with E-state index in [4.69, 9.17) is 16.3 Å². The summed E-state index contributed by atoms with van der Waals surface area (Å²) in [6.45, 7) is 6.12. The number of rotatable bonds is 6. The van der Waals surface area contributed by atoms with E-state index in [0.29, 0.717) is 11.6 Å². The molecule has 3 rings (SSSR count). The van der Waals surface area contributed by atoms with Crippen LogP contribution in [0, 0.1) is 0 Å². The Balaban J connectivity index is 1.52. The third kappa shape index (κ3) is 5.82. The topological polar surface area (TPSA) is 67.4 Å². The average molecular weight is 407 g/mol. The summed E-state index contributed by atoms with van der Waals surface area (Å²) in [4.78, 5) is 23.0. The second-order valence-corrected chi connectivity index (χ2v) is 7.94. The second kappa shape index (κ2) is 9.39. The molecule has 1 amide bonds. The van der Waals surface area contributed by atoms with Gasteiger partial charge in [-0.25, -0.2) is 9.97 Å². The maximum absolute atomic E-state index is 12.1. The largest absolute Gasteiger partial charge is 0.372 e. The van der Waals surface area contributed by atoms with Crippen LogP contribution in [0.2, 0.25) is 5.02 Å². The van der Waals surface area contributed by atoms with Gasteiger partial charge in [-0.2, -0.15) is 0 Å². The maximum atomic E-state index is 12.1. The number of aromatic nitrogens is 2. The molecule has 1 N–H and O–H groups in total. The molecule has 1 aliphatic heterocycles. The Bertz CT molecular complexity index is 782. The lowest BCUT2D eigenvalue weighted by atomic mass is 10.2. The molecule has 2 unspecified atom stereocenters. The van der Waals surface area contributed by atoms with Crippen molar-refractivity contribution in [2.45, 2.75) is 37.6 Å². The van der Waals surface area contributed by atoms with Gasteiger partial charge in [0.2, 0.25) is 5.91 Å². The Morgan fingerprint density at radius 1 is 1.30 bits per heavy atom. The zero-order chi connectivity index (χ0) is 19.2. The van der Waals surface area contributed by atoms with Crippen molar-refractivity contribution < 1.29 is 9.53 Å². The molecule has 1 fully saturated rings. The maximum Gasteiger partial charge on any atom is 0.230 e. The van der Waals surface area contributed by atoms with E-state index in [2.05, 4.69) is 34.0 Å². The van der Waals surface area contributed by atoms with E-state index in [1.807, 2.05) is 30.3 Å². The molecule has 6 nitrogen and oxygen atoms in total. The number of benzene rings is 1. The highest BCUT2D eigenvalue weighted by atomic mass is 35.5. The van der Waals surface area contributed by atoms with Crippen molar-refractivity contribution >= 4 is 35.1 Å². The van der Waals surface area contributed by atoms with Crippen LogP contribution in [0.3, 0.4) is 0 Å². The Morgan fingerprint density at radius 2 is 2.04 bits per heavy atom. The van der Waals surface area contributed by atoms with E-state index in [1.165, 1.54) is 11.8 Å². The Hall–Kier alpha value is -1.83. The fourth-order valence-corrected chi connectivity index (χ4v) is 3.87. The number of thioether (sulfide) groups is 1. The fourth-order valence-electron chi connectivity index (χ4n) is 2.97. The van der Waals surface area contributed by atoms with Gasteiger partial charge in [-0.05, 0) is 25.5 Å². The molecule has 8 heteroatoms. The summed E-state index contributed by atoms with van der Waals surface area (Å²) in [6.07, 6.45) is 1.87. The highest BCUT2D eigenvalue weighted by Crippen LogP contribution is 2.22. The number of morpholine rings is 1. The fraction of sp³-hybridized carbons (Fsp3) is 0.421. The van der Waals surface area contributed by atoms with Gasteiger partial charge in [-0.3, -0.25) is 4.79 Å². The summed E-state index contributed by atoms with van der Waals surface area (Å²) in [5.41, 5.74) is 0.900. The van der Waals surface area contributed by atoms with E-state index >= 15 is 0 Å². The summed E-state index contributed by atoms with van der Waals surface area (Å²) in [6, 6.07) is 9.41. The third-order valence-corrected chi connectivity index (χ3v) is 5.45. The molecule has 1 aromatic carbocycles. The number of anilines is 1. The van der Waals surface area contributed by atoms with Crippen molar-refractivity contribution in [3.63, 3.8) is 0 Å². The SMILES string of the molecule is CC1CN(c2cc(SCC(=O)NCc3ccccc3Cl)ncn2)CC(C)O1. The first-order valence-electron chi connectivity index (χ1n) is 8.86. The molecule has 0 radical (unpaired) electrons. The zero-order valence-electron chi connectivity index (χ0n) is 15.4. The van der Waals surface area contributed by atoms with Gasteiger partial charge >= 0.3 is 0 Å². The minimum absolute atomic E-state index is 0.0614. The first-order valence-corrected chi connectivity index (χ1v) is 10.2. The number of amides is 1. The number of carbonyl (C=O) groups excluding carboxylic acids is 1. The normalized spacial score (nSPS) is 19.7. The first kappa shape index (κ1) is 19.9. The van der Waals surface area contributed by atoms with Crippen molar-refractivity contribution in [2.24, 2.45) is 0 Å². The van der Waals surface area contributed by atoms with Gasteiger partial charge in [0.1, 0.15) is 17.2 Å². The molecule has 0 aliphatic carbocycles. The van der Waals surface area contributed by atoms with Gasteiger partial charge < -0.3 is 15.0 Å². The molecule has 2 heterocycles. The van der Waals surface area contributed by atoms with Gasteiger partial charge in [0.25, 0.3) is 0 Å². The summed E-state index contributed by atoms with van der Waals surface area (Å²) in [5.74, 6) is 1.09. The average Bonchev–Trinajstić information content (AvgIpc) is 2.65. The number of ether oxygens (including phenoxy) is 1. The lowest BCUT2D eigenvalue weighted by molar-refractivity contribution is -0.118. The van der Waals surface area contributed by atoms with Crippen molar-refractivity contribution in [1.82, 2.24) is 15.3 Å². The Morgan fingerprint density at radius 3 is 2.78 bits per heavy atom. The van der Waals surface area contributed by atoms with Crippen LogP contribution in [0.1, 0.15) is 19.4 Å². The minimum atomic E-state index is -0.0614. The van der Waals surface area contributed by atoms with Crippen LogP contribution in [-0.4, -0.2) is 46.9 Å². The predicted molar refractivity (Wildman–Crippen MR) is 108 cm³/mol. The lowest BCUT2D eigenvalue weighted by Crippen LogP contribution is -2.45. The van der Waals surface area contributed by atoms with E-state index in [0.717, 1.165) is 29.5 Å². The van der Waals surface area contributed by atoms with Gasteiger partial charge in [-0.15, -0.1) is 0 Å². The highest BCUT2D eigenvalue weighted by molar-refractivity contribution is 7.99. The van der Waals surface area contributed by atoms with Crippen LogP contribution in [0.15, 0.2) is 41.7 Å². The molecule has 0 saturated carbocycles. The summed E-state index contributed by atoms with van der Waals surface area (Å²) in [7, 11) is 0. The van der Waals surface area contributed by atoms with Gasteiger partial charge in [0.15, 0.2) is 0 Å². The zero-order valence-corrected chi connectivity index (χ0v) is 17.0. The van der Waals surface area contributed by atoms with Crippen LogP contribution in [0.5, 0.6) is 0 Å². The van der Waals surface area contributed by atoms with Crippen molar-refractivity contribution in [1.29, 1.82) is 0 Å². The molecule has 144 valence electrons. The lowest BCUT2D eigenvalue weighted by Gasteiger charge is -2.36. The molecular formula is C19H23ClN4O2S. The highest BCUT2D eigenvalue weighted by Gasteiger charge is 2.23. The number of nitrogens with one attached hydrogen (secondary N) is 1. The Labute approximate surface area is 168 Å². The predicted octanol–water partition coefficient (Wildman–Crippen LogP) is 3.15. The van der Waals surface area contributed by atoms with Gasteiger partial charge in [0, 0.05) is 30.7 Å². The molecule has 1 saturated heterocycles. The van der Waals surface area contributed by atoms with Crippen molar-refractivity contribution in [2.75, 3.05) is 23.7 Å². The molecule has 1 aliphatic rings. The molecule has 2 aromatic rings. The third-order valence-electron chi connectivity index (χ3n) is 4.16. The minimum Gasteiger partial charge on any atom is -0.372 e. The molecular weight excluding hydrogens is 384 g/mol. The van der Waals surface area contributed by atoms with Crippen LogP contribution >= 0.6 is 23.4 Å². The van der Waals surface area contributed by atoms with Gasteiger partial charge in [0.05, 0.1) is 18.0 Å². The van der Waals surface area contributed by atoms with E-state index < -0.39 is 0 Å². The molecule has 0 bridgehead atoms. The van der Waals surface area contributed by atoms with Crippen LogP contribution in [0.4, 0.5) is 5.82 Å². The monoisotopic (exact) mass is 406 g/mol. The Kier molecular flexibility index (Phi) is 6.93. The number of nitrogens with zero attached hydrogens (tertiary/aromatic N) is 3. The van der Waals surface area contributed by atoms with E-state index in [9.17, 15) is 4.79 Å². The smallest absolute Gasteiger partial charge is 0.230 e. The number of hydrogen-bond donors (Lipinski definition) is 1. The first-order chi connectivity index (χ1) is 13.0. The summed E-state index contributed by atoms with van der Waals surface area (Å²) < 4.78 is 5.77. The summed E-state index contributed by atoms with van der Waals surface area (Å²) in [5, 5.41) is 4.32. The number of halogens is 1. The van der Waals surface area contributed by atoms with Crippen LogP contribution in [-0.2, 0) is 16.1 Å². The van der Waals surface area contributed by atoms with Crippen LogP contribution < -0.4 is 10.2 Å². The van der Waals surface area contributed by atoms with Crippen molar-refractivity contribution in [3.8, 4) is 0 Å². The van der Waals surface area contributed by atoms with Gasteiger partial charge in [-0.1, -0.05) is 41.6 Å². The number of carbonyl (C=O) groups is 1. The standard InChI is InChI=1S/C19H23ClN4O2S/c1-13-9-24(10-14(2)26-13)17-7-19(23-12-22-17)27-11-18(25)21-8-15-5-3-4-6-16(15)20/h3-7,12-14H,8-11H2,1-2H3,(H,21,25). The molecule has 2 atom stereocenters.